The van der Waals surface area contributed by atoms with Crippen molar-refractivity contribution in [3.05, 3.63) is 35.9 Å². The molecule has 0 unspecified atom stereocenters. The molecule has 5 N–H and O–H groups in total. The Morgan fingerprint density at radius 1 is 1.12 bits per heavy atom. The Morgan fingerprint density at radius 3 is 1.56 bits per heavy atom. The van der Waals surface area contributed by atoms with Crippen LogP contribution in [0.4, 0.5) is 4.79 Å². The Hall–Kier alpha value is 0.600. The molecule has 2 rings (SSSR count). The number of aryl methyl sites for hydroxylation is 1. The van der Waals surface area contributed by atoms with Gasteiger partial charge in [0, 0.05) is 5.54 Å². The van der Waals surface area contributed by atoms with Crippen LogP contribution in [-0.4, -0.2) is 28.8 Å². The van der Waals surface area contributed by atoms with Crippen molar-refractivity contribution in [1.82, 2.24) is 10.7 Å². The number of hydrazine groups is 1. The van der Waals surface area contributed by atoms with Crippen molar-refractivity contribution in [3.8, 4) is 0 Å². The molecule has 1 aliphatic rings. The summed E-state index contributed by atoms with van der Waals surface area (Å²) in [4.78, 5) is 8.98. The normalized spacial score (nSPS) is 11.2. The first-order chi connectivity index (χ1) is 10.2. The maximum atomic E-state index is 8.98. The summed E-state index contributed by atoms with van der Waals surface area (Å²) in [5, 5.41) is 3.22. The predicted molar refractivity (Wildman–Crippen MR) is 107 cm³/mol. The average molecular weight is 427 g/mol. The molecular weight excluding hydrogens is 396 g/mol. The van der Waals surface area contributed by atoms with Crippen molar-refractivity contribution in [1.29, 1.82) is 0 Å². The molecule has 0 amide bonds. The molecule has 1 saturated heterocycles. The van der Waals surface area contributed by atoms with Gasteiger partial charge in [0.15, 0.2) is 0 Å². The van der Waals surface area contributed by atoms with Gasteiger partial charge in [-0.25, -0.2) is 0 Å². The number of rotatable bonds is 0. The maximum Gasteiger partial charge on any atom is 1.00 e. The molecule has 0 radical (unpaired) electrons. The minimum atomic E-state index is -0.889. The van der Waals surface area contributed by atoms with E-state index in [4.69, 9.17) is 10.6 Å². The predicted octanol–water partition coefficient (Wildman–Crippen LogP) is 1.45. The molecule has 1 heterocycles. The largest absolute Gasteiger partial charge is 1.00 e. The summed E-state index contributed by atoms with van der Waals surface area (Å²) < 4.78 is -0.889. The third-order valence-electron chi connectivity index (χ3n) is 2.33. The second-order valence-electron chi connectivity index (χ2n) is 5.73. The van der Waals surface area contributed by atoms with Gasteiger partial charge in [-0.15, -0.1) is 12.4 Å². The van der Waals surface area contributed by atoms with E-state index < -0.39 is 4.70 Å². The van der Waals surface area contributed by atoms with Gasteiger partial charge in [-0.05, 0) is 76.8 Å². The monoisotopic (exact) mass is 425 g/mol. The van der Waals surface area contributed by atoms with E-state index in [2.05, 4.69) is 53.0 Å². The summed E-state index contributed by atoms with van der Waals surface area (Å²) in [5.41, 5.74) is 4.00. The topological polar surface area (TPSA) is 97.2 Å². The standard InChI is InChI=1S/C7H8.C4H12N2.C4H9N.CCl2O.ClH.Na.H2O/c1-7-5-3-2-4-6-7;1-4(2,3)6-5;1-2-4-5-3-1;2-1(3)4;;;/h2-6H,1H3;6H,5H2,1-3H3;5H,1-4H2;;1H;;1H2/q;;;;;+1;/p-1. The first-order valence-electron chi connectivity index (χ1n) is 7.24. The third kappa shape index (κ3) is 45.6. The van der Waals surface area contributed by atoms with E-state index in [1.165, 1.54) is 31.5 Å². The third-order valence-corrected chi connectivity index (χ3v) is 2.33. The summed E-state index contributed by atoms with van der Waals surface area (Å²) in [7, 11) is 0. The summed E-state index contributed by atoms with van der Waals surface area (Å²) >= 11 is 8.80. The van der Waals surface area contributed by atoms with E-state index in [-0.39, 0.29) is 53.0 Å². The molecule has 1 aliphatic heterocycles. The molecule has 1 aromatic rings. The van der Waals surface area contributed by atoms with Gasteiger partial charge in [-0.2, -0.15) is 0 Å². The number of nitrogens with one attached hydrogen (secondary N) is 2. The summed E-state index contributed by atoms with van der Waals surface area (Å²) in [6.45, 7) is 10.6. The number of carbonyl (C=O) groups excluding carboxylic acids is 1. The minimum absolute atomic E-state index is 0. The van der Waals surface area contributed by atoms with E-state index in [1.807, 2.05) is 39.0 Å². The molecule has 0 aliphatic carbocycles. The van der Waals surface area contributed by atoms with Crippen LogP contribution in [0.25, 0.3) is 0 Å². The van der Waals surface area contributed by atoms with Crippen molar-refractivity contribution < 1.29 is 39.8 Å². The van der Waals surface area contributed by atoms with Crippen LogP contribution in [0.15, 0.2) is 30.3 Å². The molecule has 5 nitrogen and oxygen atoms in total. The molecule has 25 heavy (non-hydrogen) atoms. The smallest absolute Gasteiger partial charge is 0.870 e. The van der Waals surface area contributed by atoms with Crippen LogP contribution >= 0.6 is 35.6 Å². The van der Waals surface area contributed by atoms with E-state index >= 15 is 0 Å². The summed E-state index contributed by atoms with van der Waals surface area (Å²) in [6.07, 6.45) is 2.78. The zero-order chi connectivity index (χ0) is 17.4. The Bertz CT molecular complexity index is 365. The molecular formula is C16H31Cl3N3NaO2. The molecule has 0 saturated carbocycles. The second-order valence-corrected chi connectivity index (χ2v) is 6.61. The van der Waals surface area contributed by atoms with Crippen LogP contribution in [0.3, 0.4) is 0 Å². The fraction of sp³-hybridized carbons (Fsp3) is 0.562. The summed E-state index contributed by atoms with van der Waals surface area (Å²) in [6, 6.07) is 10.3. The second kappa shape index (κ2) is 24.6. The van der Waals surface area contributed by atoms with Gasteiger partial charge in [0.1, 0.15) is 0 Å². The van der Waals surface area contributed by atoms with Gasteiger partial charge in [-0.1, -0.05) is 35.9 Å². The Balaban J connectivity index is -0.0000000697. The zero-order valence-electron chi connectivity index (χ0n) is 15.8. The van der Waals surface area contributed by atoms with Crippen LogP contribution < -0.4 is 46.1 Å². The number of hydrogen-bond acceptors (Lipinski definition) is 5. The maximum absolute atomic E-state index is 8.98. The van der Waals surface area contributed by atoms with Crippen LogP contribution in [0, 0.1) is 6.92 Å². The average Bonchev–Trinajstić information content (AvgIpc) is 2.98. The van der Waals surface area contributed by atoms with E-state index in [1.54, 1.807) is 0 Å². The first kappa shape index (κ1) is 36.5. The van der Waals surface area contributed by atoms with Gasteiger partial charge in [0.05, 0.1) is 0 Å². The van der Waals surface area contributed by atoms with E-state index in [9.17, 15) is 0 Å². The quantitative estimate of drug-likeness (QED) is 0.252. The van der Waals surface area contributed by atoms with Crippen molar-refractivity contribution in [2.24, 2.45) is 5.84 Å². The van der Waals surface area contributed by atoms with Crippen LogP contribution in [0.1, 0.15) is 39.2 Å². The molecule has 0 atom stereocenters. The number of halogens is 3. The van der Waals surface area contributed by atoms with Crippen LogP contribution in [-0.2, 0) is 0 Å². The molecule has 0 aromatic heterocycles. The minimum Gasteiger partial charge on any atom is -0.870 e. The van der Waals surface area contributed by atoms with Gasteiger partial charge in [-0.3, -0.25) is 16.1 Å². The molecule has 1 aromatic carbocycles. The molecule has 144 valence electrons. The molecule has 0 spiro atoms. The fourth-order valence-corrected chi connectivity index (χ4v) is 1.16. The van der Waals surface area contributed by atoms with E-state index in [0.717, 1.165) is 0 Å². The Labute approximate surface area is 190 Å². The van der Waals surface area contributed by atoms with Crippen molar-refractivity contribution in [3.63, 3.8) is 0 Å². The van der Waals surface area contributed by atoms with Crippen molar-refractivity contribution >= 4 is 40.3 Å². The zero-order valence-corrected chi connectivity index (χ0v) is 20.1. The van der Waals surface area contributed by atoms with Gasteiger partial charge in [0.2, 0.25) is 0 Å². The molecule has 1 fully saturated rings. The number of nitrogens with two attached hydrogens (primary N) is 1. The SMILES string of the molecule is C1CCNC1.CC(C)(C)NN.Cc1ccccc1.Cl.O=C(Cl)Cl.[Na+].[OH-]. The summed E-state index contributed by atoms with van der Waals surface area (Å²) in [5.74, 6) is 5.06. The van der Waals surface area contributed by atoms with Gasteiger partial charge >= 0.3 is 34.3 Å². The fourth-order valence-electron chi connectivity index (χ4n) is 1.16. The van der Waals surface area contributed by atoms with E-state index in [0.29, 0.717) is 0 Å². The number of hydrogen-bond donors (Lipinski definition) is 3. The van der Waals surface area contributed by atoms with Crippen LogP contribution in [0.5, 0.6) is 0 Å². The van der Waals surface area contributed by atoms with Crippen molar-refractivity contribution in [2.75, 3.05) is 13.1 Å². The van der Waals surface area contributed by atoms with Crippen molar-refractivity contribution in [2.45, 2.75) is 46.1 Å². The Kier molecular flexibility index (Phi) is 35.9. The van der Waals surface area contributed by atoms with Gasteiger partial charge < -0.3 is 10.8 Å². The molecule has 9 heteroatoms. The van der Waals surface area contributed by atoms with Gasteiger partial charge in [0.25, 0.3) is 0 Å². The number of carbonyl (C=O) groups is 1. The molecule has 0 bridgehead atoms. The van der Waals surface area contributed by atoms with Crippen LogP contribution in [0.2, 0.25) is 0 Å². The first-order valence-corrected chi connectivity index (χ1v) is 7.99. The number of benzene rings is 1. The Morgan fingerprint density at radius 2 is 1.44 bits per heavy atom.